The molecule has 8 heteroatoms. The summed E-state index contributed by atoms with van der Waals surface area (Å²) in [6, 6.07) is 12.0. The van der Waals surface area contributed by atoms with Gasteiger partial charge in [-0.3, -0.25) is 9.52 Å². The molecule has 2 aromatic rings. The summed E-state index contributed by atoms with van der Waals surface area (Å²) >= 11 is 2.99. The molecule has 5 nitrogen and oxygen atoms in total. The van der Waals surface area contributed by atoms with Gasteiger partial charge in [0, 0.05) is 28.6 Å². The molecule has 2 aromatic carbocycles. The molecule has 0 saturated carbocycles. The Hall–Kier alpha value is -1.64. The Morgan fingerprint density at radius 1 is 1.00 bits per heavy atom. The number of nitrogens with one attached hydrogen (secondary N) is 1. The second-order valence-corrected chi connectivity index (χ2v) is 9.96. The maximum atomic E-state index is 13.0. The maximum Gasteiger partial charge on any atom is 0.261 e. The Bertz CT molecular complexity index is 955. The molecule has 0 unspecified atom stereocenters. The Morgan fingerprint density at radius 3 is 2.43 bits per heavy atom. The van der Waals surface area contributed by atoms with Gasteiger partial charge >= 0.3 is 0 Å². The van der Waals surface area contributed by atoms with Crippen molar-refractivity contribution in [2.45, 2.75) is 33.9 Å². The van der Waals surface area contributed by atoms with Gasteiger partial charge in [-0.2, -0.15) is 0 Å². The number of anilines is 1. The van der Waals surface area contributed by atoms with Crippen LogP contribution in [0.5, 0.6) is 0 Å². The van der Waals surface area contributed by atoms with Crippen LogP contribution < -0.4 is 4.72 Å². The van der Waals surface area contributed by atoms with Crippen LogP contribution in [0.2, 0.25) is 0 Å². The van der Waals surface area contributed by atoms with Gasteiger partial charge in [-0.25, -0.2) is 8.42 Å². The van der Waals surface area contributed by atoms with Crippen molar-refractivity contribution in [1.82, 2.24) is 4.90 Å². The first kappa shape index (κ1) is 21.1. The molecule has 3 rings (SSSR count). The predicted molar refractivity (Wildman–Crippen MR) is 117 cm³/mol. The lowest BCUT2D eigenvalue weighted by Gasteiger charge is -2.27. The summed E-state index contributed by atoms with van der Waals surface area (Å²) in [5.74, 6) is -0.0921. The molecular formula is C20H24N2O3S3. The van der Waals surface area contributed by atoms with E-state index in [0.29, 0.717) is 11.3 Å². The minimum absolute atomic E-state index is 0.0921. The van der Waals surface area contributed by atoms with Gasteiger partial charge in [0.2, 0.25) is 0 Å². The number of carbonyl (C=O) groups is 1. The van der Waals surface area contributed by atoms with E-state index in [9.17, 15) is 13.2 Å². The molecule has 1 heterocycles. The maximum absolute atomic E-state index is 13.0. The monoisotopic (exact) mass is 436 g/mol. The van der Waals surface area contributed by atoms with Gasteiger partial charge in [-0.05, 0) is 68.2 Å². The zero-order chi connectivity index (χ0) is 20.1. The minimum atomic E-state index is -3.79. The molecule has 0 atom stereocenters. The molecule has 1 fully saturated rings. The summed E-state index contributed by atoms with van der Waals surface area (Å²) in [6.07, 6.45) is 6.94. The van der Waals surface area contributed by atoms with Gasteiger partial charge in [0.05, 0.1) is 10.5 Å². The number of sulfonamides is 1. The molecule has 1 N–H and O–H groups in total. The molecule has 1 aliphatic rings. The summed E-state index contributed by atoms with van der Waals surface area (Å²) < 4.78 is 28.4. The molecule has 0 spiro atoms. The van der Waals surface area contributed by atoms with E-state index in [4.69, 9.17) is 0 Å². The molecule has 28 heavy (non-hydrogen) atoms. The molecule has 1 aliphatic heterocycles. The summed E-state index contributed by atoms with van der Waals surface area (Å²) in [4.78, 5) is 16.7. The van der Waals surface area contributed by atoms with Crippen molar-refractivity contribution in [2.75, 3.05) is 30.3 Å². The van der Waals surface area contributed by atoms with Gasteiger partial charge in [0.15, 0.2) is 0 Å². The lowest BCUT2D eigenvalue weighted by Crippen LogP contribution is -2.36. The molecule has 0 bridgehead atoms. The van der Waals surface area contributed by atoms with Crippen molar-refractivity contribution in [1.29, 1.82) is 0 Å². The Kier molecular flexibility index (Phi) is 6.95. The molecule has 1 saturated heterocycles. The zero-order valence-corrected chi connectivity index (χ0v) is 18.4. The average molecular weight is 437 g/mol. The quantitative estimate of drug-likeness (QED) is 0.673. The number of piperidine rings is 1. The fraction of sp³-hybridized carbons (Fsp3) is 0.350. The second kappa shape index (κ2) is 9.24. The van der Waals surface area contributed by atoms with E-state index in [1.165, 1.54) is 17.8 Å². The summed E-state index contributed by atoms with van der Waals surface area (Å²) in [7, 11) is -3.79. The van der Waals surface area contributed by atoms with Crippen LogP contribution in [0, 0.1) is 0 Å². The fourth-order valence-corrected chi connectivity index (χ4v) is 5.29. The molecule has 0 aliphatic carbocycles. The largest absolute Gasteiger partial charge is 0.339 e. The standard InChI is InChI=1S/C20H24N2O3S3/c1-26-16-8-6-7-15(13-16)21-28(24,25)17-9-10-19(27-2)18(14-17)20(23)22-11-4-3-5-12-22/h6-10,13-14,21H,3-5,11-12H2,1-2H3. The summed E-state index contributed by atoms with van der Waals surface area (Å²) in [5, 5.41) is 0. The summed E-state index contributed by atoms with van der Waals surface area (Å²) in [5.41, 5.74) is 0.958. The normalized spacial score (nSPS) is 14.7. The number of thioether (sulfide) groups is 2. The highest BCUT2D eigenvalue weighted by molar-refractivity contribution is 7.99. The first-order chi connectivity index (χ1) is 13.4. The molecule has 150 valence electrons. The van der Waals surface area contributed by atoms with E-state index in [0.717, 1.165) is 42.1 Å². The SMILES string of the molecule is CSc1cccc(NS(=O)(=O)c2ccc(SC)c(C(=O)N3CCCCC3)c2)c1. The van der Waals surface area contributed by atoms with Crippen molar-refractivity contribution < 1.29 is 13.2 Å². The number of rotatable bonds is 6. The van der Waals surface area contributed by atoms with Crippen LogP contribution in [0.1, 0.15) is 29.6 Å². The van der Waals surface area contributed by atoms with Crippen molar-refractivity contribution in [3.05, 3.63) is 48.0 Å². The van der Waals surface area contributed by atoms with Gasteiger partial charge in [-0.1, -0.05) is 6.07 Å². The van der Waals surface area contributed by atoms with E-state index in [2.05, 4.69) is 4.72 Å². The van der Waals surface area contributed by atoms with Crippen LogP contribution in [0.15, 0.2) is 57.2 Å². The van der Waals surface area contributed by atoms with Crippen LogP contribution in [-0.4, -0.2) is 44.8 Å². The van der Waals surface area contributed by atoms with Gasteiger partial charge in [0.1, 0.15) is 0 Å². The average Bonchev–Trinajstić information content (AvgIpc) is 2.73. The van der Waals surface area contributed by atoms with Crippen molar-refractivity contribution in [3.8, 4) is 0 Å². The minimum Gasteiger partial charge on any atom is -0.339 e. The molecule has 1 amide bonds. The number of nitrogens with zero attached hydrogens (tertiary/aromatic N) is 1. The Morgan fingerprint density at radius 2 is 1.75 bits per heavy atom. The number of amides is 1. The van der Waals surface area contributed by atoms with E-state index in [1.807, 2.05) is 29.5 Å². The van der Waals surface area contributed by atoms with Crippen molar-refractivity contribution >= 4 is 45.1 Å². The van der Waals surface area contributed by atoms with Gasteiger partial charge in [-0.15, -0.1) is 23.5 Å². The van der Waals surface area contributed by atoms with Crippen LogP contribution in [0.4, 0.5) is 5.69 Å². The first-order valence-electron chi connectivity index (χ1n) is 9.09. The Labute approximate surface area is 175 Å². The highest BCUT2D eigenvalue weighted by Crippen LogP contribution is 2.28. The van der Waals surface area contributed by atoms with E-state index < -0.39 is 10.0 Å². The highest BCUT2D eigenvalue weighted by Gasteiger charge is 2.24. The van der Waals surface area contributed by atoms with E-state index >= 15 is 0 Å². The van der Waals surface area contributed by atoms with E-state index in [1.54, 1.807) is 36.0 Å². The smallest absolute Gasteiger partial charge is 0.261 e. The molecule has 0 radical (unpaired) electrons. The topological polar surface area (TPSA) is 66.5 Å². The molecular weight excluding hydrogens is 412 g/mol. The van der Waals surface area contributed by atoms with Gasteiger partial charge in [0.25, 0.3) is 15.9 Å². The van der Waals surface area contributed by atoms with Crippen LogP contribution in [0.25, 0.3) is 0 Å². The Balaban J connectivity index is 1.91. The lowest BCUT2D eigenvalue weighted by molar-refractivity contribution is 0.0720. The number of hydrogen-bond acceptors (Lipinski definition) is 5. The van der Waals surface area contributed by atoms with Crippen LogP contribution in [-0.2, 0) is 10.0 Å². The van der Waals surface area contributed by atoms with Crippen LogP contribution in [0.3, 0.4) is 0 Å². The van der Waals surface area contributed by atoms with Crippen molar-refractivity contribution in [2.24, 2.45) is 0 Å². The molecule has 0 aromatic heterocycles. The number of carbonyl (C=O) groups excluding carboxylic acids is 1. The second-order valence-electron chi connectivity index (χ2n) is 6.55. The zero-order valence-electron chi connectivity index (χ0n) is 16.0. The highest BCUT2D eigenvalue weighted by atomic mass is 32.2. The van der Waals surface area contributed by atoms with Gasteiger partial charge < -0.3 is 4.90 Å². The number of likely N-dealkylation sites (tertiary alicyclic amines) is 1. The fourth-order valence-electron chi connectivity index (χ4n) is 3.19. The van der Waals surface area contributed by atoms with Crippen molar-refractivity contribution in [3.63, 3.8) is 0 Å². The third-order valence-corrected chi connectivity index (χ3v) is 7.58. The third-order valence-electron chi connectivity index (χ3n) is 4.68. The first-order valence-corrected chi connectivity index (χ1v) is 13.0. The lowest BCUT2D eigenvalue weighted by atomic mass is 10.1. The van der Waals surface area contributed by atoms with Crippen LogP contribution >= 0.6 is 23.5 Å². The third kappa shape index (κ3) is 4.85. The van der Waals surface area contributed by atoms with E-state index in [-0.39, 0.29) is 10.8 Å². The summed E-state index contributed by atoms with van der Waals surface area (Å²) in [6.45, 7) is 1.45. The number of benzene rings is 2. The predicted octanol–water partition coefficient (Wildman–Crippen LogP) is 4.56. The number of hydrogen-bond donors (Lipinski definition) is 1.